The quantitative estimate of drug-likeness (QED) is 0.158. The number of hydrogen-bond acceptors (Lipinski definition) is 0. The van der Waals surface area contributed by atoms with Crippen LogP contribution in [0.4, 0.5) is 0 Å². The number of fused-ring (bicyclic) bond motifs is 11. The molecule has 4 heterocycles. The minimum Gasteiger partial charge on any atom is -0.375 e. The summed E-state index contributed by atoms with van der Waals surface area (Å²) in [6.45, 7) is 2.31. The van der Waals surface area contributed by atoms with Crippen molar-refractivity contribution in [3.05, 3.63) is 175 Å². The molecule has 3 aliphatic rings. The van der Waals surface area contributed by atoms with Crippen LogP contribution in [-0.2, 0) is 0 Å². The van der Waals surface area contributed by atoms with E-state index in [1.54, 1.807) is 0 Å². The lowest BCUT2D eigenvalue weighted by Gasteiger charge is -2.35. The van der Waals surface area contributed by atoms with E-state index in [-0.39, 0.29) is 6.85 Å². The fourth-order valence-corrected chi connectivity index (χ4v) is 11.1. The zero-order chi connectivity index (χ0) is 36.4. The van der Waals surface area contributed by atoms with E-state index < -0.39 is 0 Å². The van der Waals surface area contributed by atoms with E-state index in [4.69, 9.17) is 0 Å². The molecule has 0 bridgehead atoms. The van der Waals surface area contributed by atoms with Crippen molar-refractivity contribution in [1.29, 1.82) is 0 Å². The number of nitrogens with zero attached hydrogens (tertiary/aromatic N) is 2. The summed E-state index contributed by atoms with van der Waals surface area (Å²) in [4.78, 5) is 0. The molecule has 0 atom stereocenters. The van der Waals surface area contributed by atoms with Crippen LogP contribution in [0.2, 0.25) is 0 Å². The Kier molecular flexibility index (Phi) is 5.31. The average molecular weight is 707 g/mol. The van der Waals surface area contributed by atoms with E-state index in [9.17, 15) is 0 Å². The molecule has 2 nitrogen and oxygen atoms in total. The summed E-state index contributed by atoms with van der Waals surface area (Å²) in [6, 6.07) is 64.1. The van der Waals surface area contributed by atoms with Gasteiger partial charge in [-0.1, -0.05) is 133 Å². The Morgan fingerprint density at radius 3 is 1.89 bits per heavy atom. The maximum absolute atomic E-state index is 2.72. The van der Waals surface area contributed by atoms with Crippen LogP contribution in [0.1, 0.15) is 5.56 Å². The molecule has 1 aliphatic carbocycles. The SMILES string of the molecule is Cc1ccc2c3c1-c1cc(-c4ccccc4)cc4c5cc(-c6ccccc6)ccc5n(c14)B3c1cc3cccc4c3c3c5c(cccc5n-2c13)-c1ccccc1-4. The molecule has 3 heteroatoms. The normalized spacial score (nSPS) is 13.1. The summed E-state index contributed by atoms with van der Waals surface area (Å²) in [5, 5.41) is 8.02. The molecule has 0 radical (unpaired) electrons. The largest absolute Gasteiger partial charge is 0.375 e. The first-order chi connectivity index (χ1) is 27.7. The standard InChI is InChI=1S/C53H31BN2/c1-30-22-24-46-51-47(30)42-28-35(32-14-6-3-7-15-32)27-41-40-26-33(31-12-4-2-5-13-31)23-25-44(40)56(52(41)42)54(51)43-29-34-16-10-19-38-36-17-8-9-18-37(36)39-20-11-21-45-49(39)50(48(34)38)53(43)55(45)46/h2-29H,1H3. The number of aryl methyl sites for hydroxylation is 1. The predicted molar refractivity (Wildman–Crippen MR) is 237 cm³/mol. The van der Waals surface area contributed by atoms with Gasteiger partial charge in [-0.3, -0.25) is 0 Å². The molecule has 256 valence electrons. The van der Waals surface area contributed by atoms with Gasteiger partial charge in [0.05, 0.1) is 11.0 Å². The van der Waals surface area contributed by atoms with Crippen LogP contribution in [0.25, 0.3) is 116 Å². The molecule has 0 N–H and O–H groups in total. The molecule has 0 saturated heterocycles. The molecule has 2 aromatic heterocycles. The molecule has 9 aromatic carbocycles. The van der Waals surface area contributed by atoms with Gasteiger partial charge in [-0.15, -0.1) is 0 Å². The zero-order valence-corrected chi connectivity index (χ0v) is 30.6. The Hall–Kier alpha value is -7.10. The topological polar surface area (TPSA) is 9.86 Å². The van der Waals surface area contributed by atoms with Gasteiger partial charge < -0.3 is 9.05 Å². The highest BCUT2D eigenvalue weighted by Gasteiger charge is 2.43. The Bertz CT molecular complexity index is 3590. The molecule has 0 fully saturated rings. The van der Waals surface area contributed by atoms with E-state index in [1.165, 1.54) is 132 Å². The molecular weight excluding hydrogens is 675 g/mol. The third-order valence-corrected chi connectivity index (χ3v) is 13.3. The van der Waals surface area contributed by atoms with Crippen LogP contribution in [0.5, 0.6) is 0 Å². The van der Waals surface area contributed by atoms with Crippen molar-refractivity contribution in [2.24, 2.45) is 0 Å². The van der Waals surface area contributed by atoms with Crippen molar-refractivity contribution in [3.63, 3.8) is 0 Å². The second kappa shape index (κ2) is 10.1. The summed E-state index contributed by atoms with van der Waals surface area (Å²) >= 11 is 0. The first-order valence-electron chi connectivity index (χ1n) is 19.7. The molecule has 2 aliphatic heterocycles. The molecule has 0 unspecified atom stereocenters. The Morgan fingerprint density at radius 2 is 1.11 bits per heavy atom. The van der Waals surface area contributed by atoms with E-state index >= 15 is 0 Å². The molecule has 11 aromatic rings. The van der Waals surface area contributed by atoms with Crippen molar-refractivity contribution < 1.29 is 0 Å². The fraction of sp³-hybridized carbons (Fsp3) is 0.0189. The summed E-state index contributed by atoms with van der Waals surface area (Å²) in [6.07, 6.45) is 0. The number of hydrogen-bond donors (Lipinski definition) is 0. The Labute approximate surface area is 323 Å². The maximum atomic E-state index is 2.72. The van der Waals surface area contributed by atoms with Crippen LogP contribution in [-0.4, -0.2) is 15.9 Å². The fourth-order valence-electron chi connectivity index (χ4n) is 11.1. The number of rotatable bonds is 2. The monoisotopic (exact) mass is 706 g/mol. The van der Waals surface area contributed by atoms with Gasteiger partial charge in [0, 0.05) is 43.8 Å². The first kappa shape index (κ1) is 29.3. The molecule has 56 heavy (non-hydrogen) atoms. The van der Waals surface area contributed by atoms with E-state index in [0.717, 1.165) is 0 Å². The van der Waals surface area contributed by atoms with E-state index in [1.807, 2.05) is 0 Å². The molecule has 14 rings (SSSR count). The second-order valence-electron chi connectivity index (χ2n) is 16.0. The van der Waals surface area contributed by atoms with Gasteiger partial charge in [0.15, 0.2) is 0 Å². The summed E-state index contributed by atoms with van der Waals surface area (Å²) in [5.74, 6) is 0. The van der Waals surface area contributed by atoms with Gasteiger partial charge >= 0.3 is 6.85 Å². The lowest BCUT2D eigenvalue weighted by atomic mass is 9.45. The van der Waals surface area contributed by atoms with Crippen LogP contribution in [0, 0.1) is 6.92 Å². The van der Waals surface area contributed by atoms with Gasteiger partial charge in [0.25, 0.3) is 0 Å². The minimum atomic E-state index is -0.00324. The summed E-state index contributed by atoms with van der Waals surface area (Å²) < 4.78 is 5.35. The van der Waals surface area contributed by atoms with Gasteiger partial charge in [-0.2, -0.15) is 0 Å². The number of benzene rings is 9. The Balaban J connectivity index is 1.20. The predicted octanol–water partition coefficient (Wildman–Crippen LogP) is 12.3. The zero-order valence-electron chi connectivity index (χ0n) is 30.6. The van der Waals surface area contributed by atoms with Crippen LogP contribution < -0.4 is 10.9 Å². The van der Waals surface area contributed by atoms with E-state index in [0.29, 0.717) is 0 Å². The van der Waals surface area contributed by atoms with Crippen LogP contribution in [0.3, 0.4) is 0 Å². The minimum absolute atomic E-state index is 0.00324. The summed E-state index contributed by atoms with van der Waals surface area (Å²) in [5.41, 5.74) is 23.5. The van der Waals surface area contributed by atoms with Crippen molar-refractivity contribution in [2.75, 3.05) is 0 Å². The number of aromatic nitrogens is 2. The highest BCUT2D eigenvalue weighted by molar-refractivity contribution is 6.90. The molecule has 0 amide bonds. The van der Waals surface area contributed by atoms with Crippen molar-refractivity contribution in [1.82, 2.24) is 9.05 Å². The molecule has 0 saturated carbocycles. The van der Waals surface area contributed by atoms with E-state index in [2.05, 4.69) is 186 Å². The lowest BCUT2D eigenvalue weighted by molar-refractivity contribution is 1.17. The second-order valence-corrected chi connectivity index (χ2v) is 16.0. The average Bonchev–Trinajstić information content (AvgIpc) is 3.74. The maximum Gasteiger partial charge on any atom is 0.333 e. The highest BCUT2D eigenvalue weighted by atomic mass is 15.0. The highest BCUT2D eigenvalue weighted by Crippen LogP contribution is 2.52. The van der Waals surface area contributed by atoms with Crippen molar-refractivity contribution in [2.45, 2.75) is 6.92 Å². The smallest absolute Gasteiger partial charge is 0.333 e. The van der Waals surface area contributed by atoms with Crippen LogP contribution >= 0.6 is 0 Å². The molecule has 0 spiro atoms. The summed E-state index contributed by atoms with van der Waals surface area (Å²) in [7, 11) is 0. The third kappa shape index (κ3) is 3.42. The first-order valence-corrected chi connectivity index (χ1v) is 19.7. The van der Waals surface area contributed by atoms with Gasteiger partial charge in [-0.05, 0) is 121 Å². The van der Waals surface area contributed by atoms with Gasteiger partial charge in [0.1, 0.15) is 0 Å². The third-order valence-electron chi connectivity index (χ3n) is 13.3. The van der Waals surface area contributed by atoms with Crippen LogP contribution in [0.15, 0.2) is 170 Å². The van der Waals surface area contributed by atoms with Gasteiger partial charge in [0.2, 0.25) is 0 Å². The van der Waals surface area contributed by atoms with Crippen molar-refractivity contribution >= 4 is 72.2 Å². The van der Waals surface area contributed by atoms with Crippen molar-refractivity contribution in [3.8, 4) is 61.3 Å². The lowest BCUT2D eigenvalue weighted by Crippen LogP contribution is -2.55. The molecular formula is C53H31BN2. The van der Waals surface area contributed by atoms with Gasteiger partial charge in [-0.25, -0.2) is 0 Å². The Morgan fingerprint density at radius 1 is 0.429 bits per heavy atom.